The molecule has 42 heavy (non-hydrogen) atoms. The van der Waals surface area contributed by atoms with Gasteiger partial charge >= 0.3 is 12.4 Å². The Kier molecular flexibility index (Phi) is 8.72. The third kappa shape index (κ3) is 6.96. The fourth-order valence-electron chi connectivity index (χ4n) is 4.73. The molecule has 0 saturated heterocycles. The largest absolute Gasteiger partial charge is 0.481 e. The van der Waals surface area contributed by atoms with Gasteiger partial charge in [0.25, 0.3) is 0 Å². The molecule has 0 unspecified atom stereocenters. The molecule has 2 aromatic carbocycles. The predicted molar refractivity (Wildman–Crippen MR) is 146 cm³/mol. The molecule has 0 aliphatic rings. The number of rotatable bonds is 8. The third-order valence-corrected chi connectivity index (χ3v) is 6.76. The highest BCUT2D eigenvalue weighted by atomic mass is 19.4. The van der Waals surface area contributed by atoms with Gasteiger partial charge in [-0.15, -0.1) is 0 Å². The lowest BCUT2D eigenvalue weighted by molar-refractivity contribution is -0.141. The number of aliphatic hydroxyl groups is 1. The Labute approximate surface area is 238 Å². The van der Waals surface area contributed by atoms with Gasteiger partial charge < -0.3 is 15.3 Å². The Bertz CT molecular complexity index is 1620. The summed E-state index contributed by atoms with van der Waals surface area (Å²) in [4.78, 5) is 7.64. The number of benzene rings is 2. The minimum Gasteiger partial charge on any atom is -0.481 e. The van der Waals surface area contributed by atoms with Crippen molar-refractivity contribution in [2.45, 2.75) is 45.1 Å². The van der Waals surface area contributed by atoms with Gasteiger partial charge in [0.2, 0.25) is 5.88 Å². The molecule has 0 bridgehead atoms. The van der Waals surface area contributed by atoms with Gasteiger partial charge in [-0.3, -0.25) is 4.98 Å². The summed E-state index contributed by atoms with van der Waals surface area (Å²) < 4.78 is 85.7. The summed E-state index contributed by atoms with van der Waals surface area (Å²) in [6, 6.07) is 12.6. The van der Waals surface area contributed by atoms with Crippen molar-refractivity contribution < 1.29 is 36.2 Å². The van der Waals surface area contributed by atoms with Crippen LogP contribution in [0, 0.1) is 19.3 Å². The lowest BCUT2D eigenvalue weighted by Crippen LogP contribution is -2.13. The molecular formula is C31H27F6N3O2. The van der Waals surface area contributed by atoms with Gasteiger partial charge in [0.1, 0.15) is 5.69 Å². The number of methoxy groups -OCH3 is 1. The monoisotopic (exact) mass is 587 g/mol. The molecule has 4 aromatic rings. The van der Waals surface area contributed by atoms with Crippen LogP contribution >= 0.6 is 0 Å². The first kappa shape index (κ1) is 30.7. The van der Waals surface area contributed by atoms with E-state index in [4.69, 9.17) is 10.1 Å². The normalized spacial score (nSPS) is 12.7. The van der Waals surface area contributed by atoms with Crippen molar-refractivity contribution in [1.29, 1.82) is 5.41 Å². The van der Waals surface area contributed by atoms with Crippen LogP contribution in [0.2, 0.25) is 0 Å². The fourth-order valence-corrected chi connectivity index (χ4v) is 4.73. The topological polar surface area (TPSA) is 79.1 Å². The minimum absolute atomic E-state index is 0.113. The molecule has 0 saturated carbocycles. The Balaban J connectivity index is 1.73. The molecule has 0 radical (unpaired) electrons. The number of aliphatic hydroxyl groups excluding tert-OH is 1. The Morgan fingerprint density at radius 3 is 2.24 bits per heavy atom. The van der Waals surface area contributed by atoms with Gasteiger partial charge in [-0.05, 0) is 72.0 Å². The van der Waals surface area contributed by atoms with Crippen molar-refractivity contribution >= 4 is 5.71 Å². The van der Waals surface area contributed by atoms with E-state index in [0.29, 0.717) is 22.8 Å². The van der Waals surface area contributed by atoms with E-state index in [1.807, 2.05) is 32.0 Å². The first-order valence-electron chi connectivity index (χ1n) is 12.8. The molecule has 11 heteroatoms. The molecule has 2 N–H and O–H groups in total. The van der Waals surface area contributed by atoms with Gasteiger partial charge in [-0.1, -0.05) is 29.8 Å². The van der Waals surface area contributed by atoms with Crippen molar-refractivity contribution in [2.75, 3.05) is 7.11 Å². The standard InChI is InChI=1S/C31H27F6N3O2/c1-17-4-6-24(18(2)10-17)21-13-26(29(42-3)40-16-21)25-7-5-22(30(32,33)34)11-20(25)12-23(38)15-27(41)19-8-9-39-28(14-19)31(35,36)37/h4-11,13-14,16,27,38,41H,12,15H2,1-3H3/t27-/m0/s1. The molecular weight excluding hydrogens is 560 g/mol. The minimum atomic E-state index is -4.73. The van der Waals surface area contributed by atoms with Crippen LogP contribution in [0.15, 0.2) is 67.0 Å². The quantitative estimate of drug-likeness (QED) is 0.161. The summed E-state index contributed by atoms with van der Waals surface area (Å²) >= 11 is 0. The van der Waals surface area contributed by atoms with Crippen LogP contribution in [-0.2, 0) is 18.8 Å². The molecule has 5 nitrogen and oxygen atoms in total. The van der Waals surface area contributed by atoms with Crippen LogP contribution in [0.4, 0.5) is 26.3 Å². The smallest absolute Gasteiger partial charge is 0.433 e. The van der Waals surface area contributed by atoms with Gasteiger partial charge in [0.05, 0.1) is 18.8 Å². The maximum absolute atomic E-state index is 13.7. The molecule has 4 rings (SSSR count). The first-order chi connectivity index (χ1) is 19.7. The van der Waals surface area contributed by atoms with Gasteiger partial charge in [-0.25, -0.2) is 4.98 Å². The van der Waals surface area contributed by atoms with E-state index in [1.165, 1.54) is 19.2 Å². The summed E-state index contributed by atoms with van der Waals surface area (Å²) in [6.45, 7) is 3.89. The fraction of sp³-hybridized carbons (Fsp3) is 0.258. The van der Waals surface area contributed by atoms with E-state index in [9.17, 15) is 31.4 Å². The summed E-state index contributed by atoms with van der Waals surface area (Å²) in [6.07, 6.45) is -9.11. The third-order valence-electron chi connectivity index (χ3n) is 6.76. The van der Waals surface area contributed by atoms with Crippen molar-refractivity contribution in [3.63, 3.8) is 0 Å². The van der Waals surface area contributed by atoms with Crippen molar-refractivity contribution in [3.8, 4) is 28.1 Å². The Hall–Kier alpha value is -4.25. The van der Waals surface area contributed by atoms with Gasteiger partial charge in [0, 0.05) is 42.1 Å². The number of alkyl halides is 6. The van der Waals surface area contributed by atoms with E-state index < -0.39 is 36.1 Å². The van der Waals surface area contributed by atoms with Crippen LogP contribution in [-0.4, -0.2) is 27.9 Å². The number of aryl methyl sites for hydroxylation is 2. The molecule has 1 atom stereocenters. The second-order valence-corrected chi connectivity index (χ2v) is 9.94. The molecule has 0 spiro atoms. The molecule has 0 aliphatic carbocycles. The van der Waals surface area contributed by atoms with Crippen LogP contribution in [0.3, 0.4) is 0 Å². The average molecular weight is 588 g/mol. The van der Waals surface area contributed by atoms with Crippen LogP contribution < -0.4 is 4.74 Å². The SMILES string of the molecule is COc1ncc(-c2ccc(C)cc2C)cc1-c1ccc(C(F)(F)F)cc1CC(=N)C[C@H](O)c1ccnc(C(F)(F)F)c1. The maximum Gasteiger partial charge on any atom is 0.433 e. The highest BCUT2D eigenvalue weighted by Gasteiger charge is 2.33. The van der Waals surface area contributed by atoms with Gasteiger partial charge in [0.15, 0.2) is 0 Å². The highest BCUT2D eigenvalue weighted by molar-refractivity contribution is 5.88. The molecule has 0 fully saturated rings. The molecule has 220 valence electrons. The number of aromatic nitrogens is 2. The number of nitrogens with one attached hydrogen (secondary N) is 1. The van der Waals surface area contributed by atoms with E-state index >= 15 is 0 Å². The van der Waals surface area contributed by atoms with E-state index in [-0.39, 0.29) is 29.1 Å². The first-order valence-corrected chi connectivity index (χ1v) is 12.8. The molecule has 2 aromatic heterocycles. The molecule has 2 heterocycles. The van der Waals surface area contributed by atoms with E-state index in [2.05, 4.69) is 9.97 Å². The molecule has 0 aliphatic heterocycles. The number of ether oxygens (including phenoxy) is 1. The second-order valence-electron chi connectivity index (χ2n) is 9.94. The van der Waals surface area contributed by atoms with Crippen LogP contribution in [0.1, 0.15) is 46.0 Å². The number of pyridine rings is 2. The second kappa shape index (κ2) is 11.9. The highest BCUT2D eigenvalue weighted by Crippen LogP contribution is 2.39. The van der Waals surface area contributed by atoms with E-state index in [0.717, 1.165) is 35.0 Å². The predicted octanol–water partition coefficient (Wildman–Crippen LogP) is 8.16. The van der Waals surface area contributed by atoms with Crippen LogP contribution in [0.5, 0.6) is 5.88 Å². The summed E-state index contributed by atoms with van der Waals surface area (Å²) in [7, 11) is 1.38. The Morgan fingerprint density at radius 1 is 0.881 bits per heavy atom. The number of nitrogens with zero attached hydrogens (tertiary/aromatic N) is 2. The van der Waals surface area contributed by atoms with E-state index in [1.54, 1.807) is 12.3 Å². The lowest BCUT2D eigenvalue weighted by Gasteiger charge is -2.18. The average Bonchev–Trinajstić information content (AvgIpc) is 2.92. The number of hydrogen-bond acceptors (Lipinski definition) is 5. The van der Waals surface area contributed by atoms with Gasteiger partial charge in [-0.2, -0.15) is 26.3 Å². The maximum atomic E-state index is 13.7. The summed E-state index contributed by atoms with van der Waals surface area (Å²) in [5.41, 5.74) is 2.03. The number of hydrogen-bond donors (Lipinski definition) is 2. The number of halogens is 6. The lowest BCUT2D eigenvalue weighted by atomic mass is 9.91. The summed E-state index contributed by atoms with van der Waals surface area (Å²) in [5, 5.41) is 19.0. The van der Waals surface area contributed by atoms with Crippen LogP contribution in [0.25, 0.3) is 22.3 Å². The van der Waals surface area contributed by atoms with Crippen molar-refractivity contribution in [1.82, 2.24) is 9.97 Å². The zero-order valence-corrected chi connectivity index (χ0v) is 22.9. The zero-order valence-electron chi connectivity index (χ0n) is 22.9. The Morgan fingerprint density at radius 2 is 1.60 bits per heavy atom. The van der Waals surface area contributed by atoms with Crippen molar-refractivity contribution in [2.24, 2.45) is 0 Å². The molecule has 0 amide bonds. The zero-order chi connectivity index (χ0) is 30.8. The summed E-state index contributed by atoms with van der Waals surface area (Å²) in [5.74, 6) is 0.160. The van der Waals surface area contributed by atoms with Crippen molar-refractivity contribution in [3.05, 3.63) is 101 Å².